The van der Waals surface area contributed by atoms with Crippen LogP contribution >= 0.6 is 15.6 Å². The third-order valence-corrected chi connectivity index (χ3v) is 6.59. The Balaban J connectivity index is 1.60. The van der Waals surface area contributed by atoms with E-state index in [1.54, 1.807) is 7.05 Å². The molecule has 0 aliphatic carbocycles. The summed E-state index contributed by atoms with van der Waals surface area (Å²) >= 11 is 0. The summed E-state index contributed by atoms with van der Waals surface area (Å²) in [4.78, 5) is 47.3. The fraction of sp³-hybridized carbons (Fsp3) is 0.500. The number of imidazole rings is 1. The number of ether oxygens (including phenoxy) is 1. The summed E-state index contributed by atoms with van der Waals surface area (Å²) in [5.41, 5.74) is -0.650. The summed E-state index contributed by atoms with van der Waals surface area (Å²) in [6, 6.07) is 0. The van der Waals surface area contributed by atoms with Gasteiger partial charge in [0.2, 0.25) is 5.78 Å². The number of phosphoric ester groups is 1. The van der Waals surface area contributed by atoms with Crippen molar-refractivity contribution in [2.75, 3.05) is 6.61 Å². The van der Waals surface area contributed by atoms with Crippen LogP contribution in [0.4, 0.5) is 0 Å². The molecule has 0 amide bonds. The maximum absolute atomic E-state index is 12.5. The number of rotatable bonds is 6. The van der Waals surface area contributed by atoms with E-state index in [2.05, 4.69) is 23.9 Å². The predicted molar refractivity (Wildman–Crippen MR) is 96.3 cm³/mol. The summed E-state index contributed by atoms with van der Waals surface area (Å²) in [7, 11) is -8.91. The number of aliphatic hydroxyl groups excluding tert-OH is 2. The first-order chi connectivity index (χ1) is 14.4. The molecule has 1 aliphatic rings. The Bertz CT molecular complexity index is 1300. The van der Waals surface area contributed by atoms with Gasteiger partial charge in [0.15, 0.2) is 17.4 Å². The minimum Gasteiger partial charge on any atom is -0.387 e. The topological polar surface area (TPSA) is 233 Å². The molecular weight excluding hydrogens is 466 g/mol. The van der Waals surface area contributed by atoms with Gasteiger partial charge >= 0.3 is 21.2 Å². The third-order valence-electron chi connectivity index (χ3n) is 4.44. The molecule has 5 atom stereocenters. The van der Waals surface area contributed by atoms with E-state index >= 15 is 0 Å². The van der Waals surface area contributed by atoms with Crippen molar-refractivity contribution in [1.29, 1.82) is 0 Å². The van der Waals surface area contributed by atoms with Gasteiger partial charge in [0.1, 0.15) is 24.6 Å². The molecule has 0 bridgehead atoms. The van der Waals surface area contributed by atoms with Crippen molar-refractivity contribution in [1.82, 2.24) is 28.7 Å². The van der Waals surface area contributed by atoms with Gasteiger partial charge in [0.25, 0.3) is 0 Å². The highest BCUT2D eigenvalue weighted by Crippen LogP contribution is 2.57. The maximum Gasteiger partial charge on any atom is 0.481 e. The molecule has 1 unspecified atom stereocenters. The molecule has 5 N–H and O–H groups in total. The molecule has 4 heterocycles. The summed E-state index contributed by atoms with van der Waals surface area (Å²) in [6.45, 7) is -0.864. The van der Waals surface area contributed by atoms with E-state index in [-0.39, 0.29) is 16.9 Å². The van der Waals surface area contributed by atoms with Crippen LogP contribution in [0, 0.1) is 0 Å². The number of fused-ring (bicyclic) bond motifs is 2. The Morgan fingerprint density at radius 2 is 1.90 bits per heavy atom. The number of hydrogen-bond donors (Lipinski definition) is 5. The van der Waals surface area contributed by atoms with E-state index in [1.165, 1.54) is 15.5 Å². The second-order valence-corrected chi connectivity index (χ2v) is 9.41. The lowest BCUT2D eigenvalue weighted by Crippen LogP contribution is -2.33. The highest BCUT2D eigenvalue weighted by molar-refractivity contribution is 7.60. The van der Waals surface area contributed by atoms with Crippen molar-refractivity contribution >= 4 is 32.6 Å². The fourth-order valence-corrected chi connectivity index (χ4v) is 4.67. The molecule has 1 saturated heterocycles. The molecule has 19 heteroatoms. The molecule has 0 radical (unpaired) electrons. The van der Waals surface area contributed by atoms with Crippen LogP contribution in [0.15, 0.2) is 17.4 Å². The minimum absolute atomic E-state index is 0.0177. The summed E-state index contributed by atoms with van der Waals surface area (Å²) in [5.74, 6) is 0.169. The molecule has 17 nitrogen and oxygen atoms in total. The SMILES string of the molecule is Cn1cnn2c(=O)c3ncn([C@@H]4O[C@H](COP(=O)(O)OP(=O)(O)O)[C@@H](O)[C@H]4O)c3nc12. The Kier molecular flexibility index (Phi) is 5.38. The first-order valence-corrected chi connectivity index (χ1v) is 11.4. The van der Waals surface area contributed by atoms with Gasteiger partial charge in [-0.3, -0.25) is 13.9 Å². The average Bonchev–Trinajstić information content (AvgIpc) is 3.31. The quantitative estimate of drug-likeness (QED) is 0.231. The molecule has 1 aliphatic heterocycles. The number of nitrogens with zero attached hydrogens (tertiary/aromatic N) is 6. The van der Waals surface area contributed by atoms with Gasteiger partial charge in [-0.1, -0.05) is 0 Å². The number of aryl methyl sites for hydroxylation is 1. The van der Waals surface area contributed by atoms with E-state index in [0.717, 1.165) is 10.8 Å². The van der Waals surface area contributed by atoms with E-state index in [0.29, 0.717) is 0 Å². The second-order valence-electron chi connectivity index (χ2n) is 6.58. The third kappa shape index (κ3) is 4.08. The Morgan fingerprint density at radius 1 is 1.19 bits per heavy atom. The summed E-state index contributed by atoms with van der Waals surface area (Å²) in [6.07, 6.45) is -3.46. The molecule has 3 aromatic heterocycles. The Hall–Kier alpha value is -2.04. The first kappa shape index (κ1) is 22.2. The molecular formula is C12H16N6O11P2. The number of phosphoric acid groups is 2. The highest BCUT2D eigenvalue weighted by atomic mass is 31.3. The monoisotopic (exact) mass is 482 g/mol. The van der Waals surface area contributed by atoms with E-state index in [4.69, 9.17) is 14.5 Å². The molecule has 1 fully saturated rings. The molecule has 170 valence electrons. The van der Waals surface area contributed by atoms with Crippen LogP contribution in [0.5, 0.6) is 0 Å². The summed E-state index contributed by atoms with van der Waals surface area (Å²) in [5, 5.41) is 24.5. The van der Waals surface area contributed by atoms with Crippen molar-refractivity contribution < 1.29 is 47.6 Å². The first-order valence-electron chi connectivity index (χ1n) is 8.41. The van der Waals surface area contributed by atoms with Crippen LogP contribution in [-0.4, -0.2) is 78.5 Å². The van der Waals surface area contributed by atoms with Gasteiger partial charge < -0.3 is 34.2 Å². The van der Waals surface area contributed by atoms with Gasteiger partial charge in [0, 0.05) is 7.05 Å². The van der Waals surface area contributed by atoms with Crippen LogP contribution < -0.4 is 5.56 Å². The zero-order valence-electron chi connectivity index (χ0n) is 15.4. The normalized spacial score (nSPS) is 26.6. The molecule has 0 aromatic carbocycles. The maximum atomic E-state index is 12.5. The van der Waals surface area contributed by atoms with Crippen molar-refractivity contribution in [3.63, 3.8) is 0 Å². The lowest BCUT2D eigenvalue weighted by atomic mass is 10.1. The van der Waals surface area contributed by atoms with Gasteiger partial charge in [-0.05, 0) is 0 Å². The predicted octanol–water partition coefficient (Wildman–Crippen LogP) is -2.38. The number of aliphatic hydroxyl groups is 2. The highest BCUT2D eigenvalue weighted by Gasteiger charge is 2.46. The van der Waals surface area contributed by atoms with Crippen molar-refractivity contribution in [2.24, 2.45) is 7.05 Å². The van der Waals surface area contributed by atoms with Gasteiger partial charge in [0.05, 0.1) is 12.9 Å². The van der Waals surface area contributed by atoms with Crippen LogP contribution in [0.3, 0.4) is 0 Å². The van der Waals surface area contributed by atoms with E-state index in [9.17, 15) is 29.0 Å². The van der Waals surface area contributed by atoms with Gasteiger partial charge in [-0.15, -0.1) is 0 Å². The average molecular weight is 482 g/mol. The number of hydrogen-bond acceptors (Lipinski definition) is 11. The van der Waals surface area contributed by atoms with E-state index < -0.39 is 52.4 Å². The van der Waals surface area contributed by atoms with Crippen LogP contribution in [-0.2, 0) is 29.7 Å². The van der Waals surface area contributed by atoms with Crippen LogP contribution in [0.1, 0.15) is 6.23 Å². The fourth-order valence-electron chi connectivity index (χ4n) is 3.07. The smallest absolute Gasteiger partial charge is 0.387 e. The number of aromatic nitrogens is 6. The zero-order chi connectivity index (χ0) is 22.7. The second kappa shape index (κ2) is 7.53. The lowest BCUT2D eigenvalue weighted by molar-refractivity contribution is -0.0503. The summed E-state index contributed by atoms with van der Waals surface area (Å²) < 4.78 is 39.5. The molecule has 4 rings (SSSR count). The largest absolute Gasteiger partial charge is 0.481 e. The van der Waals surface area contributed by atoms with Crippen molar-refractivity contribution in [3.05, 3.63) is 23.0 Å². The Labute approximate surface area is 170 Å². The Morgan fingerprint density at radius 3 is 2.58 bits per heavy atom. The lowest BCUT2D eigenvalue weighted by Gasteiger charge is -2.17. The molecule has 0 spiro atoms. The van der Waals surface area contributed by atoms with Crippen molar-refractivity contribution in [2.45, 2.75) is 24.5 Å². The van der Waals surface area contributed by atoms with Crippen molar-refractivity contribution in [3.8, 4) is 0 Å². The molecule has 0 saturated carbocycles. The van der Waals surface area contributed by atoms with Gasteiger partial charge in [-0.25, -0.2) is 14.1 Å². The molecule has 3 aromatic rings. The van der Waals surface area contributed by atoms with Crippen LogP contribution in [0.25, 0.3) is 16.9 Å². The minimum atomic E-state index is -5.33. The van der Waals surface area contributed by atoms with Crippen LogP contribution in [0.2, 0.25) is 0 Å². The van der Waals surface area contributed by atoms with Gasteiger partial charge in [-0.2, -0.15) is 18.9 Å². The van der Waals surface area contributed by atoms with E-state index in [1.807, 2.05) is 0 Å². The standard InChI is InChI=1S/C12H16N6O11P2/c1-16-4-14-18-10(21)6-9(15-12(16)18)17(3-13-6)11-8(20)7(19)5(28-11)2-27-31(25,26)29-30(22,23)24/h3-5,7-8,11,19-20H,2H2,1H3,(H,25,26)(H2,22,23,24)/t5-,7-,8-,11-/m1/s1. The molecule has 31 heavy (non-hydrogen) atoms. The zero-order valence-corrected chi connectivity index (χ0v) is 17.2.